The Morgan fingerprint density at radius 1 is 1.22 bits per heavy atom. The average molecular weight is 527 g/mol. The van der Waals surface area contributed by atoms with Crippen LogP contribution in [0, 0.1) is 11.3 Å². The van der Waals surface area contributed by atoms with Crippen LogP contribution in [0.3, 0.4) is 0 Å². The number of amides is 1. The van der Waals surface area contributed by atoms with E-state index >= 15 is 0 Å². The number of fused-ring (bicyclic) bond motifs is 1. The van der Waals surface area contributed by atoms with E-state index in [0.717, 1.165) is 24.2 Å². The summed E-state index contributed by atoms with van der Waals surface area (Å²) in [4.78, 5) is 35.6. The second-order valence-corrected chi connectivity index (χ2v) is 12.5. The lowest BCUT2D eigenvalue weighted by molar-refractivity contribution is 0.0775. The molecule has 0 radical (unpaired) electrons. The molecule has 0 spiro atoms. The highest BCUT2D eigenvalue weighted by Gasteiger charge is 2.29. The molecule has 12 heteroatoms. The molecule has 2 N–H and O–H groups in total. The number of thiophene rings is 1. The summed E-state index contributed by atoms with van der Waals surface area (Å²) in [5.41, 5.74) is 7.54. The number of nitrogens with two attached hydrogens (primary N) is 1. The number of piperidine rings is 1. The maximum Gasteiger partial charge on any atom is 0.273 e. The largest absolute Gasteiger partial charge is 0.341 e. The predicted molar refractivity (Wildman–Crippen MR) is 138 cm³/mol. The summed E-state index contributed by atoms with van der Waals surface area (Å²) in [7, 11) is -3.12. The number of aromatic nitrogens is 2. The fourth-order valence-electron chi connectivity index (χ4n) is 4.69. The van der Waals surface area contributed by atoms with Crippen LogP contribution >= 0.6 is 11.3 Å². The van der Waals surface area contributed by atoms with Crippen LogP contribution in [0.2, 0.25) is 0 Å². The van der Waals surface area contributed by atoms with Gasteiger partial charge in [0, 0.05) is 32.2 Å². The summed E-state index contributed by atoms with van der Waals surface area (Å²) >= 11 is 1.07. The van der Waals surface area contributed by atoms with Crippen LogP contribution in [0.25, 0.3) is 10.2 Å². The van der Waals surface area contributed by atoms with E-state index < -0.39 is 9.84 Å². The summed E-state index contributed by atoms with van der Waals surface area (Å²) in [6.07, 6.45) is 1.76. The molecule has 10 nitrogen and oxygen atoms in total. The standard InChI is InChI=1S/C24H26N6O4S2/c25-13-16-4-1-2-5-17(16)14-30-23(32)21-19(27-24(30)29-7-3-6-18(26)15-29)12-20(35-21)22(31)28-8-10-36(33,34)11-9-28/h1-2,4-5,12,18H,3,6-11,14-15,26H2. The number of hydrogen-bond acceptors (Lipinski definition) is 9. The SMILES string of the molecule is N#Cc1ccccc1Cn1c(N2CCCC(N)C2)nc2cc(C(=O)N3CCS(=O)(=O)CC3)sc2c1=O. The lowest BCUT2D eigenvalue weighted by Crippen LogP contribution is -2.45. The molecule has 36 heavy (non-hydrogen) atoms. The third-order valence-corrected chi connectivity index (χ3v) is 9.37. The number of sulfone groups is 1. The lowest BCUT2D eigenvalue weighted by atomic mass is 10.1. The molecule has 0 saturated carbocycles. The molecule has 2 aliphatic rings. The van der Waals surface area contributed by atoms with Gasteiger partial charge in [-0.2, -0.15) is 5.26 Å². The van der Waals surface area contributed by atoms with Gasteiger partial charge in [-0.1, -0.05) is 18.2 Å². The summed E-state index contributed by atoms with van der Waals surface area (Å²) in [5.74, 6) is 0.0464. The minimum atomic E-state index is -3.12. The Morgan fingerprint density at radius 3 is 2.69 bits per heavy atom. The van der Waals surface area contributed by atoms with Crippen LogP contribution in [-0.2, 0) is 16.4 Å². The van der Waals surface area contributed by atoms with Crippen molar-refractivity contribution in [2.75, 3.05) is 42.6 Å². The Balaban J connectivity index is 1.58. The highest BCUT2D eigenvalue weighted by atomic mass is 32.2. The van der Waals surface area contributed by atoms with Crippen molar-refractivity contribution in [1.82, 2.24) is 14.5 Å². The minimum Gasteiger partial charge on any atom is -0.341 e. The molecule has 1 amide bonds. The molecule has 2 saturated heterocycles. The van der Waals surface area contributed by atoms with Crippen molar-refractivity contribution < 1.29 is 13.2 Å². The lowest BCUT2D eigenvalue weighted by Gasteiger charge is -2.33. The van der Waals surface area contributed by atoms with E-state index in [1.165, 1.54) is 4.90 Å². The van der Waals surface area contributed by atoms with Gasteiger partial charge in [0.2, 0.25) is 5.95 Å². The summed E-state index contributed by atoms with van der Waals surface area (Å²) in [6, 6.07) is 10.9. The van der Waals surface area contributed by atoms with Gasteiger partial charge in [-0.25, -0.2) is 13.4 Å². The molecule has 0 aliphatic carbocycles. The van der Waals surface area contributed by atoms with Gasteiger partial charge >= 0.3 is 0 Å². The van der Waals surface area contributed by atoms with Gasteiger partial charge in [-0.05, 0) is 30.5 Å². The van der Waals surface area contributed by atoms with E-state index in [0.29, 0.717) is 45.3 Å². The topological polar surface area (TPSA) is 142 Å². The van der Waals surface area contributed by atoms with E-state index in [1.807, 2.05) is 17.0 Å². The van der Waals surface area contributed by atoms with E-state index in [2.05, 4.69) is 6.07 Å². The van der Waals surface area contributed by atoms with Crippen molar-refractivity contribution in [3.63, 3.8) is 0 Å². The van der Waals surface area contributed by atoms with Gasteiger partial charge in [0.05, 0.1) is 40.1 Å². The van der Waals surface area contributed by atoms with Crippen molar-refractivity contribution >= 4 is 43.2 Å². The molecule has 1 atom stereocenters. The van der Waals surface area contributed by atoms with Crippen molar-refractivity contribution in [3.8, 4) is 6.07 Å². The number of hydrogen-bond donors (Lipinski definition) is 1. The zero-order valence-electron chi connectivity index (χ0n) is 19.6. The molecule has 2 aromatic heterocycles. The number of carbonyl (C=O) groups excluding carboxylic acids is 1. The first-order chi connectivity index (χ1) is 17.3. The first kappa shape index (κ1) is 24.4. The van der Waals surface area contributed by atoms with Gasteiger partial charge < -0.3 is 15.5 Å². The van der Waals surface area contributed by atoms with Crippen molar-refractivity contribution in [1.29, 1.82) is 5.26 Å². The monoisotopic (exact) mass is 526 g/mol. The maximum atomic E-state index is 13.8. The Bertz CT molecular complexity index is 1520. The fourth-order valence-corrected chi connectivity index (χ4v) is 6.90. The number of carbonyl (C=O) groups is 1. The molecule has 2 fully saturated rings. The second kappa shape index (κ2) is 9.65. The Hall–Kier alpha value is -3.27. The van der Waals surface area contributed by atoms with E-state index in [4.69, 9.17) is 10.7 Å². The van der Waals surface area contributed by atoms with Crippen LogP contribution in [0.5, 0.6) is 0 Å². The number of anilines is 1. The summed E-state index contributed by atoms with van der Waals surface area (Å²) in [6.45, 7) is 1.68. The Morgan fingerprint density at radius 2 is 1.97 bits per heavy atom. The molecule has 5 rings (SSSR count). The maximum absolute atomic E-state index is 13.8. The molecule has 1 aromatic carbocycles. The second-order valence-electron chi connectivity index (χ2n) is 9.19. The number of rotatable bonds is 4. The van der Waals surface area contributed by atoms with Crippen LogP contribution in [0.1, 0.15) is 33.6 Å². The molecule has 0 bridgehead atoms. The van der Waals surface area contributed by atoms with Crippen molar-refractivity contribution in [3.05, 3.63) is 56.7 Å². The molecule has 2 aliphatic heterocycles. The predicted octanol–water partition coefficient (Wildman–Crippen LogP) is 1.18. The minimum absolute atomic E-state index is 0.0406. The molecule has 1 unspecified atom stereocenters. The summed E-state index contributed by atoms with van der Waals surface area (Å²) in [5, 5.41) is 9.55. The average Bonchev–Trinajstić information content (AvgIpc) is 3.30. The van der Waals surface area contributed by atoms with E-state index in [9.17, 15) is 23.3 Å². The summed E-state index contributed by atoms with van der Waals surface area (Å²) < 4.78 is 25.4. The van der Waals surface area contributed by atoms with Gasteiger partial charge in [0.15, 0.2) is 9.84 Å². The van der Waals surface area contributed by atoms with Gasteiger partial charge in [-0.3, -0.25) is 14.2 Å². The van der Waals surface area contributed by atoms with Crippen LogP contribution in [0.15, 0.2) is 35.1 Å². The van der Waals surface area contributed by atoms with E-state index in [-0.39, 0.29) is 48.6 Å². The fraction of sp³-hybridized carbons (Fsp3) is 0.417. The highest BCUT2D eigenvalue weighted by molar-refractivity contribution is 7.91. The molecule has 4 heterocycles. The number of nitrogens with zero attached hydrogens (tertiary/aromatic N) is 5. The third-order valence-electron chi connectivity index (χ3n) is 6.66. The van der Waals surface area contributed by atoms with Gasteiger partial charge in [0.25, 0.3) is 11.5 Å². The van der Waals surface area contributed by atoms with Crippen LogP contribution in [-0.4, -0.2) is 72.5 Å². The third kappa shape index (κ3) is 4.74. The van der Waals surface area contributed by atoms with E-state index in [1.54, 1.807) is 22.8 Å². The van der Waals surface area contributed by atoms with Crippen LogP contribution in [0.4, 0.5) is 5.95 Å². The van der Waals surface area contributed by atoms with Gasteiger partial charge in [0.1, 0.15) is 4.70 Å². The number of nitriles is 1. The molecular formula is C24H26N6O4S2. The zero-order valence-corrected chi connectivity index (χ0v) is 21.2. The smallest absolute Gasteiger partial charge is 0.273 e. The number of benzene rings is 1. The first-order valence-corrected chi connectivity index (χ1v) is 14.4. The van der Waals surface area contributed by atoms with Crippen molar-refractivity contribution in [2.45, 2.75) is 25.4 Å². The zero-order chi connectivity index (χ0) is 25.4. The first-order valence-electron chi connectivity index (χ1n) is 11.8. The van der Waals surface area contributed by atoms with Crippen molar-refractivity contribution in [2.24, 2.45) is 5.73 Å². The Kier molecular flexibility index (Phi) is 6.55. The molecule has 3 aromatic rings. The van der Waals surface area contributed by atoms with Gasteiger partial charge in [-0.15, -0.1) is 11.3 Å². The van der Waals surface area contributed by atoms with Crippen LogP contribution < -0.4 is 16.2 Å². The quantitative estimate of drug-likeness (QED) is 0.534. The molecular weight excluding hydrogens is 500 g/mol. The molecule has 188 valence electrons. The normalized spacial score (nSPS) is 19.8. The Labute approximate surface area is 212 Å². The highest BCUT2D eigenvalue weighted by Crippen LogP contribution is 2.27.